The number of nitrogens with two attached hydrogens (primary N) is 2. The predicted molar refractivity (Wildman–Crippen MR) is 121 cm³/mol. The van der Waals surface area contributed by atoms with Crippen LogP contribution >= 0.6 is 11.5 Å². The van der Waals surface area contributed by atoms with Gasteiger partial charge in [0.2, 0.25) is 5.78 Å². The van der Waals surface area contributed by atoms with E-state index in [0.29, 0.717) is 10.9 Å². The highest BCUT2D eigenvalue weighted by Gasteiger charge is 2.60. The second-order valence-corrected chi connectivity index (χ2v) is 9.34. The summed E-state index contributed by atoms with van der Waals surface area (Å²) < 4.78 is 4.26. The summed E-state index contributed by atoms with van der Waals surface area (Å²) in [6.45, 7) is 1.82. The maximum atomic E-state index is 13.5. The van der Waals surface area contributed by atoms with Crippen molar-refractivity contribution in [2.75, 3.05) is 0 Å². The fourth-order valence-corrected chi connectivity index (χ4v) is 5.75. The molecule has 8 N–H and O–H groups in total. The highest BCUT2D eigenvalue weighted by molar-refractivity contribution is 7.09. The van der Waals surface area contributed by atoms with Gasteiger partial charge in [-0.3, -0.25) is 14.4 Å². The topological polar surface area (TPSA) is 197 Å². The Balaban J connectivity index is 1.82. The van der Waals surface area contributed by atoms with Crippen LogP contribution in [0.25, 0.3) is 21.2 Å². The van der Waals surface area contributed by atoms with Crippen LogP contribution in [0.4, 0.5) is 0 Å². The number of phenols is 2. The number of aromatic hydroxyl groups is 2. The van der Waals surface area contributed by atoms with Crippen molar-refractivity contribution < 1.29 is 34.8 Å². The number of aliphatic hydroxyl groups excluding tert-OH is 1. The highest BCUT2D eigenvalue weighted by Crippen LogP contribution is 2.50. The van der Waals surface area contributed by atoms with Gasteiger partial charge in [-0.15, -0.1) is 0 Å². The van der Waals surface area contributed by atoms with Crippen LogP contribution in [0.2, 0.25) is 0 Å². The first-order valence-electron chi connectivity index (χ1n) is 10.2. The zero-order valence-electron chi connectivity index (χ0n) is 17.7. The van der Waals surface area contributed by atoms with Crippen LogP contribution < -0.4 is 11.5 Å². The minimum absolute atomic E-state index is 0.0347. The predicted octanol–water partition coefficient (Wildman–Crippen LogP) is 0.976. The van der Waals surface area contributed by atoms with Gasteiger partial charge in [-0.1, -0.05) is 0 Å². The van der Waals surface area contributed by atoms with Crippen molar-refractivity contribution in [3.8, 4) is 21.9 Å². The van der Waals surface area contributed by atoms with Gasteiger partial charge in [0, 0.05) is 11.5 Å². The van der Waals surface area contributed by atoms with Gasteiger partial charge in [-0.2, -0.15) is 4.37 Å². The third kappa shape index (κ3) is 2.68. The number of rotatable bonds is 2. The number of aromatic nitrogens is 1. The van der Waals surface area contributed by atoms with Gasteiger partial charge in [0.1, 0.15) is 22.8 Å². The standard InChI is InChI=1S/C23H19N3O7S/c1-7-4-13(34-26-7)9-2-3-12(27)15-10(9)5-8-6-11-17(24)19(29)16(22(25)32)21(31)23(11,33)20(30)14(8)18(15)28/h2-5,11,17,27-28,31,33H,6,24H2,1H3,(H2,25,32). The number of aryl methyl sites for hydroxylation is 1. The number of amides is 1. The number of nitrogens with zero attached hydrogens (tertiary/aromatic N) is 1. The smallest absolute Gasteiger partial charge is 0.255 e. The van der Waals surface area contributed by atoms with Crippen molar-refractivity contribution in [2.24, 2.45) is 17.4 Å². The lowest BCUT2D eigenvalue weighted by molar-refractivity contribution is -0.127. The Bertz CT molecular complexity index is 1490. The first-order valence-corrected chi connectivity index (χ1v) is 11.0. The molecule has 0 bridgehead atoms. The number of ketones is 2. The molecule has 2 aliphatic rings. The Morgan fingerprint density at radius 1 is 1.21 bits per heavy atom. The molecule has 3 unspecified atom stereocenters. The van der Waals surface area contributed by atoms with E-state index in [2.05, 4.69) is 4.37 Å². The molecule has 2 aromatic carbocycles. The summed E-state index contributed by atoms with van der Waals surface area (Å²) in [6.07, 6.45) is -0.180. The molecule has 11 heteroatoms. The largest absolute Gasteiger partial charge is 0.508 e. The van der Waals surface area contributed by atoms with E-state index >= 15 is 0 Å². The SMILES string of the molecule is Cc1cc(-c2ccc(O)c3c(O)c4c(cc23)CC2C(N)C(=O)C(C(N)=O)=C(O)C2(O)C4=O)sn1. The van der Waals surface area contributed by atoms with Gasteiger partial charge >= 0.3 is 0 Å². The van der Waals surface area contributed by atoms with E-state index in [1.165, 1.54) is 17.6 Å². The van der Waals surface area contributed by atoms with Crippen molar-refractivity contribution in [3.63, 3.8) is 0 Å². The van der Waals surface area contributed by atoms with Crippen LogP contribution in [0, 0.1) is 12.8 Å². The number of Topliss-reactive ketones (excluding diaryl/α,β-unsaturated/α-hetero) is 2. The van der Waals surface area contributed by atoms with Gasteiger partial charge < -0.3 is 31.9 Å². The Morgan fingerprint density at radius 3 is 2.53 bits per heavy atom. The molecule has 0 aliphatic heterocycles. The molecule has 34 heavy (non-hydrogen) atoms. The van der Waals surface area contributed by atoms with E-state index in [1.54, 1.807) is 12.1 Å². The van der Waals surface area contributed by atoms with Crippen LogP contribution in [0.5, 0.6) is 11.5 Å². The molecule has 10 nitrogen and oxygen atoms in total. The zero-order valence-corrected chi connectivity index (χ0v) is 18.5. The molecule has 0 saturated carbocycles. The Labute approximate surface area is 195 Å². The van der Waals surface area contributed by atoms with E-state index in [4.69, 9.17) is 11.5 Å². The third-order valence-corrected chi connectivity index (χ3v) is 7.52. The van der Waals surface area contributed by atoms with Crippen LogP contribution in [0.3, 0.4) is 0 Å². The number of fused-ring (bicyclic) bond motifs is 3. The molecule has 5 rings (SSSR count). The lowest BCUT2D eigenvalue weighted by atomic mass is 9.62. The Kier molecular flexibility index (Phi) is 4.60. The van der Waals surface area contributed by atoms with E-state index in [1.807, 2.05) is 13.0 Å². The number of carbonyl (C=O) groups excluding carboxylic acids is 3. The summed E-state index contributed by atoms with van der Waals surface area (Å²) in [5, 5.41) is 44.0. The van der Waals surface area contributed by atoms with Crippen LogP contribution in [0.1, 0.15) is 21.6 Å². The summed E-state index contributed by atoms with van der Waals surface area (Å²) in [4.78, 5) is 38.7. The average molecular weight is 481 g/mol. The molecule has 1 heterocycles. The number of phenolic OH excluding ortho intramolecular Hbond substituents is 2. The second-order valence-electron chi connectivity index (χ2n) is 8.53. The number of benzene rings is 2. The minimum atomic E-state index is -2.75. The van der Waals surface area contributed by atoms with Crippen molar-refractivity contribution in [2.45, 2.75) is 25.0 Å². The summed E-state index contributed by atoms with van der Waals surface area (Å²) in [7, 11) is 0. The molecule has 0 saturated heterocycles. The Morgan fingerprint density at radius 2 is 1.91 bits per heavy atom. The maximum Gasteiger partial charge on any atom is 0.255 e. The quantitative estimate of drug-likeness (QED) is 0.289. The number of aliphatic hydroxyl groups is 2. The van der Waals surface area contributed by atoms with Crippen molar-refractivity contribution >= 4 is 39.8 Å². The number of primary amides is 1. The molecule has 0 spiro atoms. The zero-order chi connectivity index (χ0) is 24.7. The summed E-state index contributed by atoms with van der Waals surface area (Å²) in [5.74, 6) is -6.90. The molecule has 3 atom stereocenters. The minimum Gasteiger partial charge on any atom is -0.508 e. The highest BCUT2D eigenvalue weighted by atomic mass is 32.1. The number of hydrogen-bond donors (Lipinski definition) is 6. The van der Waals surface area contributed by atoms with Gasteiger partial charge in [-0.05, 0) is 60.1 Å². The van der Waals surface area contributed by atoms with E-state index in [9.17, 15) is 34.8 Å². The van der Waals surface area contributed by atoms with Crippen LogP contribution in [0.15, 0.2) is 35.6 Å². The molecule has 2 aliphatic carbocycles. The number of carbonyl (C=O) groups is 3. The van der Waals surface area contributed by atoms with E-state index in [-0.39, 0.29) is 28.7 Å². The fraction of sp³-hybridized carbons (Fsp3) is 0.217. The van der Waals surface area contributed by atoms with Crippen LogP contribution in [-0.2, 0) is 16.0 Å². The summed E-state index contributed by atoms with van der Waals surface area (Å²) >= 11 is 1.22. The molecular formula is C23H19N3O7S. The molecule has 0 fully saturated rings. The third-order valence-electron chi connectivity index (χ3n) is 6.61. The van der Waals surface area contributed by atoms with Gasteiger partial charge in [0.25, 0.3) is 5.91 Å². The van der Waals surface area contributed by atoms with E-state index < -0.39 is 52.1 Å². The lowest BCUT2D eigenvalue weighted by Gasteiger charge is -2.44. The molecule has 0 radical (unpaired) electrons. The molecule has 3 aromatic rings. The van der Waals surface area contributed by atoms with Crippen molar-refractivity contribution in [1.29, 1.82) is 0 Å². The first-order chi connectivity index (χ1) is 16.0. The molecule has 174 valence electrons. The van der Waals surface area contributed by atoms with Gasteiger partial charge in [-0.25, -0.2) is 0 Å². The monoisotopic (exact) mass is 481 g/mol. The summed E-state index contributed by atoms with van der Waals surface area (Å²) in [6, 6.07) is 4.92. The van der Waals surface area contributed by atoms with Gasteiger partial charge in [0.05, 0.1) is 27.6 Å². The number of hydrogen-bond acceptors (Lipinski definition) is 10. The van der Waals surface area contributed by atoms with Crippen molar-refractivity contribution in [3.05, 3.63) is 52.4 Å². The summed E-state index contributed by atoms with van der Waals surface area (Å²) in [5.41, 5.74) is 8.82. The molecule has 1 aromatic heterocycles. The van der Waals surface area contributed by atoms with Gasteiger partial charge in [0.15, 0.2) is 11.4 Å². The van der Waals surface area contributed by atoms with Crippen molar-refractivity contribution in [1.82, 2.24) is 4.37 Å². The first kappa shape index (κ1) is 22.0. The van der Waals surface area contributed by atoms with Crippen LogP contribution in [-0.4, -0.2) is 53.9 Å². The normalized spacial score (nSPS) is 24.3. The molecule has 1 amide bonds. The fourth-order valence-electron chi connectivity index (χ4n) is 4.96. The average Bonchev–Trinajstić information content (AvgIpc) is 3.20. The Hall–Kier alpha value is -3.80. The second kappa shape index (κ2) is 7.10. The lowest BCUT2D eigenvalue weighted by Crippen LogP contribution is -2.64. The maximum absolute atomic E-state index is 13.5. The molecular weight excluding hydrogens is 462 g/mol. The van der Waals surface area contributed by atoms with E-state index in [0.717, 1.165) is 10.6 Å².